The third kappa shape index (κ3) is 5.27. The number of nitrogens with zero attached hydrogens (tertiary/aromatic N) is 3. The van der Waals surface area contributed by atoms with Crippen molar-refractivity contribution in [2.24, 2.45) is 17.8 Å². The molecule has 1 saturated heterocycles. The van der Waals surface area contributed by atoms with Gasteiger partial charge in [-0.05, 0) is 73.4 Å². The molecule has 37 heavy (non-hydrogen) atoms. The Bertz CT molecular complexity index is 1390. The van der Waals surface area contributed by atoms with Crippen LogP contribution in [0.4, 0.5) is 0 Å². The summed E-state index contributed by atoms with van der Waals surface area (Å²) < 4.78 is 28.6. The van der Waals surface area contributed by atoms with Crippen LogP contribution in [-0.2, 0) is 10.0 Å². The molecule has 1 aliphatic carbocycles. The van der Waals surface area contributed by atoms with E-state index in [1.54, 1.807) is 34.8 Å². The summed E-state index contributed by atoms with van der Waals surface area (Å²) in [6, 6.07) is 12.4. The number of pyridine rings is 2. The molecule has 1 aromatic carbocycles. The lowest BCUT2D eigenvalue weighted by molar-refractivity contribution is 0.0892. The molecular weight excluding hydrogens is 484 g/mol. The summed E-state index contributed by atoms with van der Waals surface area (Å²) in [5.41, 5.74) is 2.26. The third-order valence-electron chi connectivity index (χ3n) is 8.36. The maximum atomic E-state index is 13.7. The topological polar surface area (TPSA) is 92.3 Å². The number of rotatable bonds is 5. The highest BCUT2D eigenvalue weighted by atomic mass is 32.2. The first kappa shape index (κ1) is 25.8. The van der Waals surface area contributed by atoms with Crippen molar-refractivity contribution in [3.63, 3.8) is 0 Å². The van der Waals surface area contributed by atoms with E-state index in [-0.39, 0.29) is 16.8 Å². The second-order valence-electron chi connectivity index (χ2n) is 10.9. The van der Waals surface area contributed by atoms with Gasteiger partial charge in [-0.3, -0.25) is 9.78 Å². The molecular formula is C29H36N4O3S. The van der Waals surface area contributed by atoms with Crippen LogP contribution < -0.4 is 5.32 Å². The normalized spacial score (nSPS) is 23.7. The number of carbonyl (C=O) groups is 1. The molecule has 1 amide bonds. The number of fused-ring (bicyclic) bond motifs is 1. The van der Waals surface area contributed by atoms with E-state index in [4.69, 9.17) is 4.98 Å². The first-order chi connectivity index (χ1) is 17.7. The van der Waals surface area contributed by atoms with Crippen molar-refractivity contribution in [2.45, 2.75) is 63.8 Å². The SMILES string of the molecule is CC1CCN(S(=O)(=O)c2ccc3nc(-c4ccccn4)cc(C(=O)NC4CCCC(C)C4C)c3c2)CC1. The van der Waals surface area contributed by atoms with E-state index in [2.05, 4.69) is 31.1 Å². The van der Waals surface area contributed by atoms with E-state index in [0.29, 0.717) is 58.7 Å². The molecule has 0 radical (unpaired) electrons. The van der Waals surface area contributed by atoms with Crippen molar-refractivity contribution in [3.8, 4) is 11.4 Å². The maximum Gasteiger partial charge on any atom is 0.252 e. The Morgan fingerprint density at radius 1 is 0.973 bits per heavy atom. The molecule has 3 aromatic rings. The van der Waals surface area contributed by atoms with Crippen LogP contribution in [0.1, 0.15) is 63.2 Å². The van der Waals surface area contributed by atoms with Crippen LogP contribution in [0.2, 0.25) is 0 Å². The standard InChI is InChI=1S/C29H36N4O3S/c1-19-12-15-33(16-13-19)37(35,36)22-10-11-26-23(17-22)24(18-28(31-26)27-8-4-5-14-30-27)29(34)32-25-9-6-7-20(2)21(25)3/h4-5,8,10-11,14,17-21,25H,6-7,9,12-13,15-16H2,1-3H3,(H,32,34). The number of hydrogen-bond acceptors (Lipinski definition) is 5. The highest BCUT2D eigenvalue weighted by Crippen LogP contribution is 2.32. The molecule has 2 fully saturated rings. The Morgan fingerprint density at radius 2 is 1.76 bits per heavy atom. The molecule has 2 aromatic heterocycles. The molecule has 3 atom stereocenters. The van der Waals surface area contributed by atoms with Crippen LogP contribution >= 0.6 is 0 Å². The second-order valence-corrected chi connectivity index (χ2v) is 12.8. The van der Waals surface area contributed by atoms with Gasteiger partial charge in [0.15, 0.2) is 0 Å². The van der Waals surface area contributed by atoms with Gasteiger partial charge in [0.05, 0.1) is 27.4 Å². The van der Waals surface area contributed by atoms with Gasteiger partial charge in [-0.25, -0.2) is 13.4 Å². The van der Waals surface area contributed by atoms with Gasteiger partial charge in [0.2, 0.25) is 10.0 Å². The maximum absolute atomic E-state index is 13.7. The van der Waals surface area contributed by atoms with Gasteiger partial charge in [-0.2, -0.15) is 4.31 Å². The number of hydrogen-bond donors (Lipinski definition) is 1. The van der Waals surface area contributed by atoms with E-state index in [0.717, 1.165) is 25.7 Å². The van der Waals surface area contributed by atoms with Gasteiger partial charge in [-0.15, -0.1) is 0 Å². The fourth-order valence-corrected chi connectivity index (χ4v) is 7.10. The summed E-state index contributed by atoms with van der Waals surface area (Å²) in [6.07, 6.45) is 6.61. The number of aromatic nitrogens is 2. The van der Waals surface area contributed by atoms with Crippen LogP contribution in [0, 0.1) is 17.8 Å². The van der Waals surface area contributed by atoms with Crippen LogP contribution in [-0.4, -0.2) is 47.7 Å². The zero-order valence-corrected chi connectivity index (χ0v) is 22.7. The van der Waals surface area contributed by atoms with Gasteiger partial charge in [0, 0.05) is 30.7 Å². The van der Waals surface area contributed by atoms with Crippen LogP contribution in [0.25, 0.3) is 22.3 Å². The Hall–Kier alpha value is -2.84. The monoisotopic (exact) mass is 520 g/mol. The van der Waals surface area contributed by atoms with E-state index in [1.807, 2.05) is 18.2 Å². The van der Waals surface area contributed by atoms with E-state index < -0.39 is 10.0 Å². The summed E-state index contributed by atoms with van der Waals surface area (Å²) >= 11 is 0. The van der Waals surface area contributed by atoms with Gasteiger partial charge >= 0.3 is 0 Å². The number of sulfonamides is 1. The summed E-state index contributed by atoms with van der Waals surface area (Å²) in [6.45, 7) is 7.63. The molecule has 5 rings (SSSR count). The molecule has 1 saturated carbocycles. The average molecular weight is 521 g/mol. The molecule has 3 heterocycles. The molecule has 0 spiro atoms. The molecule has 196 valence electrons. The van der Waals surface area contributed by atoms with Crippen LogP contribution in [0.3, 0.4) is 0 Å². The number of benzene rings is 1. The number of nitrogens with one attached hydrogen (secondary N) is 1. The zero-order valence-electron chi connectivity index (χ0n) is 21.9. The molecule has 0 bridgehead atoms. The predicted octanol–water partition coefficient (Wildman–Crippen LogP) is 5.27. The summed E-state index contributed by atoms with van der Waals surface area (Å²) in [5.74, 6) is 1.24. The van der Waals surface area contributed by atoms with Crippen molar-refractivity contribution in [1.29, 1.82) is 0 Å². The summed E-state index contributed by atoms with van der Waals surface area (Å²) in [5, 5.41) is 3.81. The summed E-state index contributed by atoms with van der Waals surface area (Å²) in [4.78, 5) is 23.1. The first-order valence-corrected chi connectivity index (χ1v) is 14.9. The quantitative estimate of drug-likeness (QED) is 0.495. The lowest BCUT2D eigenvalue weighted by Gasteiger charge is -2.34. The predicted molar refractivity (Wildman–Crippen MR) is 146 cm³/mol. The lowest BCUT2D eigenvalue weighted by atomic mass is 9.78. The number of piperidine rings is 1. The number of carbonyl (C=O) groups excluding carboxylic acids is 1. The van der Waals surface area contributed by atoms with Crippen molar-refractivity contribution >= 4 is 26.8 Å². The molecule has 8 heteroatoms. The highest BCUT2D eigenvalue weighted by Gasteiger charge is 2.31. The Balaban J connectivity index is 1.57. The average Bonchev–Trinajstić information content (AvgIpc) is 2.91. The largest absolute Gasteiger partial charge is 0.349 e. The fraction of sp³-hybridized carbons (Fsp3) is 0.483. The molecule has 3 unspecified atom stereocenters. The van der Waals surface area contributed by atoms with E-state index in [1.165, 1.54) is 6.42 Å². The van der Waals surface area contributed by atoms with Crippen LogP contribution in [0.15, 0.2) is 53.6 Å². The molecule has 1 aliphatic heterocycles. The second kappa shape index (κ2) is 10.5. The van der Waals surface area contributed by atoms with Gasteiger partial charge in [0.1, 0.15) is 0 Å². The molecule has 7 nitrogen and oxygen atoms in total. The minimum atomic E-state index is -3.66. The fourth-order valence-electron chi connectivity index (χ4n) is 5.60. The number of amides is 1. The van der Waals surface area contributed by atoms with Crippen LogP contribution in [0.5, 0.6) is 0 Å². The Kier molecular flexibility index (Phi) is 7.32. The van der Waals surface area contributed by atoms with Crippen molar-refractivity contribution in [3.05, 3.63) is 54.2 Å². The minimum Gasteiger partial charge on any atom is -0.349 e. The third-order valence-corrected chi connectivity index (χ3v) is 10.3. The highest BCUT2D eigenvalue weighted by molar-refractivity contribution is 7.89. The minimum absolute atomic E-state index is 0.0834. The van der Waals surface area contributed by atoms with Gasteiger partial charge in [0.25, 0.3) is 5.91 Å². The Labute approximate surface area is 219 Å². The molecule has 1 N–H and O–H groups in total. The molecule has 2 aliphatic rings. The first-order valence-electron chi connectivity index (χ1n) is 13.4. The summed E-state index contributed by atoms with van der Waals surface area (Å²) in [7, 11) is -3.66. The Morgan fingerprint density at radius 3 is 2.49 bits per heavy atom. The van der Waals surface area contributed by atoms with E-state index in [9.17, 15) is 13.2 Å². The van der Waals surface area contributed by atoms with Gasteiger partial charge < -0.3 is 5.32 Å². The van der Waals surface area contributed by atoms with Crippen molar-refractivity contribution in [1.82, 2.24) is 19.6 Å². The smallest absolute Gasteiger partial charge is 0.252 e. The lowest BCUT2D eigenvalue weighted by Crippen LogP contribution is -2.43. The van der Waals surface area contributed by atoms with Gasteiger partial charge in [-0.1, -0.05) is 39.7 Å². The van der Waals surface area contributed by atoms with Crippen molar-refractivity contribution in [2.75, 3.05) is 13.1 Å². The van der Waals surface area contributed by atoms with Crippen molar-refractivity contribution < 1.29 is 13.2 Å². The zero-order chi connectivity index (χ0) is 26.2. The van der Waals surface area contributed by atoms with E-state index >= 15 is 0 Å².